The molecule has 88 valence electrons. The van der Waals surface area contributed by atoms with Gasteiger partial charge in [-0.3, -0.25) is 0 Å². The Labute approximate surface area is 95.1 Å². The van der Waals surface area contributed by atoms with Crippen LogP contribution >= 0.6 is 0 Å². The molecule has 0 bridgehead atoms. The highest BCUT2D eigenvalue weighted by atomic mass is 16.4. The van der Waals surface area contributed by atoms with Gasteiger partial charge in [-0.25, -0.2) is 14.6 Å². The molecule has 0 saturated heterocycles. The van der Waals surface area contributed by atoms with Crippen molar-refractivity contribution in [2.45, 2.75) is 45.1 Å². The fraction of sp³-hybridized carbons (Fsp3) is 0.667. The molecule has 0 unspecified atom stereocenters. The summed E-state index contributed by atoms with van der Waals surface area (Å²) in [4.78, 5) is 24.4. The molecule has 4 nitrogen and oxygen atoms in total. The third-order valence-corrected chi connectivity index (χ3v) is 3.15. The Kier molecular flexibility index (Phi) is 4.93. The van der Waals surface area contributed by atoms with Gasteiger partial charge in [0.15, 0.2) is 0 Å². The van der Waals surface area contributed by atoms with Gasteiger partial charge in [0.1, 0.15) is 0 Å². The lowest BCUT2D eigenvalue weighted by Gasteiger charge is -2.24. The first-order chi connectivity index (χ1) is 7.63. The zero-order valence-corrected chi connectivity index (χ0v) is 9.48. The maximum Gasteiger partial charge on any atom is 0.330 e. The lowest BCUT2D eigenvalue weighted by molar-refractivity contribution is -0.132. The highest BCUT2D eigenvalue weighted by Gasteiger charge is 2.19. The SMILES string of the molecule is CC(=CCC1CCC(N=C=O)CC1)C(=O)O. The quantitative estimate of drug-likeness (QED) is 0.451. The standard InChI is InChI=1S/C12H17NO3/c1-9(12(15)16)2-3-10-4-6-11(7-5-10)13-8-14/h2,10-11H,3-7H2,1H3,(H,15,16). The van der Waals surface area contributed by atoms with E-state index in [2.05, 4.69) is 4.99 Å². The molecule has 0 spiro atoms. The zero-order valence-electron chi connectivity index (χ0n) is 9.48. The number of carboxylic acids is 1. The summed E-state index contributed by atoms with van der Waals surface area (Å²) < 4.78 is 0. The second-order valence-corrected chi connectivity index (χ2v) is 4.32. The van der Waals surface area contributed by atoms with Crippen molar-refractivity contribution in [3.05, 3.63) is 11.6 Å². The van der Waals surface area contributed by atoms with Crippen LogP contribution in [0.4, 0.5) is 0 Å². The fourth-order valence-corrected chi connectivity index (χ4v) is 2.01. The molecule has 0 amide bonds. The molecule has 0 aromatic carbocycles. The average molecular weight is 223 g/mol. The molecule has 0 aromatic rings. The van der Waals surface area contributed by atoms with Gasteiger partial charge in [-0.15, -0.1) is 0 Å². The van der Waals surface area contributed by atoms with Crippen molar-refractivity contribution in [3.8, 4) is 0 Å². The van der Waals surface area contributed by atoms with E-state index < -0.39 is 5.97 Å². The van der Waals surface area contributed by atoms with Crippen LogP contribution in [0.15, 0.2) is 16.6 Å². The Balaban J connectivity index is 2.35. The summed E-state index contributed by atoms with van der Waals surface area (Å²) in [7, 11) is 0. The van der Waals surface area contributed by atoms with Gasteiger partial charge >= 0.3 is 5.97 Å². The summed E-state index contributed by atoms with van der Waals surface area (Å²) in [6.45, 7) is 1.62. The molecule has 4 heteroatoms. The molecule has 1 N–H and O–H groups in total. The van der Waals surface area contributed by atoms with Gasteiger partial charge in [0.05, 0.1) is 6.04 Å². The molecule has 1 rings (SSSR count). The second-order valence-electron chi connectivity index (χ2n) is 4.32. The normalized spacial score (nSPS) is 25.9. The Hall–Kier alpha value is -1.41. The van der Waals surface area contributed by atoms with E-state index in [1.54, 1.807) is 19.1 Å². The number of carboxylic acid groups (broad SMARTS) is 1. The first-order valence-corrected chi connectivity index (χ1v) is 5.60. The molecule has 1 saturated carbocycles. The van der Waals surface area contributed by atoms with Gasteiger partial charge in [0.2, 0.25) is 6.08 Å². The fourth-order valence-electron chi connectivity index (χ4n) is 2.01. The number of nitrogens with zero attached hydrogens (tertiary/aromatic N) is 1. The summed E-state index contributed by atoms with van der Waals surface area (Å²) in [5.74, 6) is -0.313. The Morgan fingerprint density at radius 3 is 2.56 bits per heavy atom. The Morgan fingerprint density at radius 1 is 1.44 bits per heavy atom. The molecule has 1 aliphatic rings. The van der Waals surface area contributed by atoms with Crippen LogP contribution in [0.3, 0.4) is 0 Å². The molecular formula is C12H17NO3. The average Bonchev–Trinajstić information content (AvgIpc) is 2.28. The summed E-state index contributed by atoms with van der Waals surface area (Å²) in [6, 6.07) is 0.137. The first kappa shape index (κ1) is 12.7. The largest absolute Gasteiger partial charge is 0.478 e. The molecule has 1 fully saturated rings. The maximum atomic E-state index is 10.6. The van der Waals surface area contributed by atoms with Crippen molar-refractivity contribution < 1.29 is 14.7 Å². The number of hydrogen-bond acceptors (Lipinski definition) is 3. The van der Waals surface area contributed by atoms with Gasteiger partial charge < -0.3 is 5.11 Å². The van der Waals surface area contributed by atoms with E-state index in [9.17, 15) is 9.59 Å². The number of aliphatic imine (C=N–C) groups is 1. The van der Waals surface area contributed by atoms with Crippen molar-refractivity contribution in [2.24, 2.45) is 10.9 Å². The van der Waals surface area contributed by atoms with E-state index >= 15 is 0 Å². The maximum absolute atomic E-state index is 10.6. The van der Waals surface area contributed by atoms with Crippen LogP contribution in [-0.4, -0.2) is 23.2 Å². The van der Waals surface area contributed by atoms with Crippen LogP contribution in [0.25, 0.3) is 0 Å². The predicted octanol–water partition coefficient (Wildman–Crippen LogP) is 2.30. The number of isocyanates is 1. The minimum atomic E-state index is -0.848. The van der Waals surface area contributed by atoms with Gasteiger partial charge in [0.25, 0.3) is 0 Å². The van der Waals surface area contributed by atoms with Gasteiger partial charge in [-0.05, 0) is 44.9 Å². The van der Waals surface area contributed by atoms with Crippen LogP contribution in [0, 0.1) is 5.92 Å². The zero-order chi connectivity index (χ0) is 12.0. The molecular weight excluding hydrogens is 206 g/mol. The van der Waals surface area contributed by atoms with E-state index in [0.717, 1.165) is 32.1 Å². The first-order valence-electron chi connectivity index (χ1n) is 5.60. The van der Waals surface area contributed by atoms with Crippen molar-refractivity contribution >= 4 is 12.0 Å². The van der Waals surface area contributed by atoms with Crippen molar-refractivity contribution in [1.29, 1.82) is 0 Å². The Morgan fingerprint density at radius 2 is 2.06 bits per heavy atom. The predicted molar refractivity (Wildman–Crippen MR) is 59.9 cm³/mol. The van der Waals surface area contributed by atoms with Crippen LogP contribution < -0.4 is 0 Å². The van der Waals surface area contributed by atoms with Crippen LogP contribution in [-0.2, 0) is 9.59 Å². The molecule has 0 aromatic heterocycles. The van der Waals surface area contributed by atoms with E-state index in [1.165, 1.54) is 0 Å². The van der Waals surface area contributed by atoms with Crippen LogP contribution in [0.1, 0.15) is 39.0 Å². The van der Waals surface area contributed by atoms with Crippen molar-refractivity contribution in [3.63, 3.8) is 0 Å². The molecule has 0 atom stereocenters. The number of rotatable bonds is 4. The van der Waals surface area contributed by atoms with Crippen molar-refractivity contribution in [1.82, 2.24) is 0 Å². The molecule has 0 radical (unpaired) electrons. The highest BCUT2D eigenvalue weighted by molar-refractivity contribution is 5.85. The summed E-state index contributed by atoms with van der Waals surface area (Å²) in [5.41, 5.74) is 0.410. The number of carbonyl (C=O) groups is 1. The topological polar surface area (TPSA) is 66.7 Å². The summed E-state index contributed by atoms with van der Waals surface area (Å²) in [6.07, 6.45) is 8.07. The monoisotopic (exact) mass is 223 g/mol. The lowest BCUT2D eigenvalue weighted by Crippen LogP contribution is -2.16. The lowest BCUT2D eigenvalue weighted by atomic mass is 9.84. The third kappa shape index (κ3) is 3.99. The Bertz CT molecular complexity index is 321. The number of hydrogen-bond donors (Lipinski definition) is 1. The van der Waals surface area contributed by atoms with Gasteiger partial charge in [0, 0.05) is 5.57 Å². The van der Waals surface area contributed by atoms with Gasteiger partial charge in [-0.2, -0.15) is 0 Å². The van der Waals surface area contributed by atoms with E-state index in [0.29, 0.717) is 11.5 Å². The van der Waals surface area contributed by atoms with E-state index in [-0.39, 0.29) is 6.04 Å². The molecule has 0 heterocycles. The van der Waals surface area contributed by atoms with Crippen LogP contribution in [0.5, 0.6) is 0 Å². The number of allylic oxidation sites excluding steroid dienone is 1. The highest BCUT2D eigenvalue weighted by Crippen LogP contribution is 2.28. The third-order valence-electron chi connectivity index (χ3n) is 3.15. The second kappa shape index (κ2) is 6.23. The summed E-state index contributed by atoms with van der Waals surface area (Å²) in [5, 5.41) is 8.70. The van der Waals surface area contributed by atoms with E-state index in [4.69, 9.17) is 5.11 Å². The van der Waals surface area contributed by atoms with Gasteiger partial charge in [-0.1, -0.05) is 6.08 Å². The minimum Gasteiger partial charge on any atom is -0.478 e. The number of aliphatic carboxylic acids is 1. The van der Waals surface area contributed by atoms with Crippen LogP contribution in [0.2, 0.25) is 0 Å². The number of carbonyl (C=O) groups excluding carboxylic acids is 1. The van der Waals surface area contributed by atoms with Crippen molar-refractivity contribution in [2.75, 3.05) is 0 Å². The van der Waals surface area contributed by atoms with E-state index in [1.807, 2.05) is 0 Å². The smallest absolute Gasteiger partial charge is 0.330 e. The summed E-state index contributed by atoms with van der Waals surface area (Å²) >= 11 is 0. The molecule has 0 aliphatic heterocycles. The minimum absolute atomic E-state index is 0.137. The molecule has 16 heavy (non-hydrogen) atoms. The molecule has 1 aliphatic carbocycles.